The Kier molecular flexibility index (Phi) is 2.33. The van der Waals surface area contributed by atoms with E-state index < -0.39 is 0 Å². The second-order valence-corrected chi connectivity index (χ2v) is 3.64. The lowest BCUT2D eigenvalue weighted by molar-refractivity contribution is 0.707. The van der Waals surface area contributed by atoms with E-state index in [1.807, 2.05) is 22.8 Å². The molecule has 0 radical (unpaired) electrons. The highest BCUT2D eigenvalue weighted by molar-refractivity contribution is 6.35. The molecule has 0 bridgehead atoms. The fourth-order valence-corrected chi connectivity index (χ4v) is 1.80. The summed E-state index contributed by atoms with van der Waals surface area (Å²) in [5, 5.41) is 0.657. The van der Waals surface area contributed by atoms with E-state index in [2.05, 4.69) is 11.9 Å². The standard InChI is InChI=1S/C10H12ClN3/c1-2-6-14-8-5-3-4-7(11)9(8)13-10(14)12/h3-5H,2,6H2,1H3,(H2,12,13). The molecule has 3 nitrogen and oxygen atoms in total. The topological polar surface area (TPSA) is 43.8 Å². The van der Waals surface area contributed by atoms with Gasteiger partial charge in [-0.1, -0.05) is 24.6 Å². The maximum atomic E-state index is 6.01. The molecule has 4 heteroatoms. The highest BCUT2D eigenvalue weighted by Crippen LogP contribution is 2.24. The normalized spacial score (nSPS) is 11.0. The Morgan fingerprint density at radius 1 is 1.50 bits per heavy atom. The Balaban J connectivity index is 2.70. The number of hydrogen-bond donors (Lipinski definition) is 1. The summed E-state index contributed by atoms with van der Waals surface area (Å²) in [6.07, 6.45) is 1.03. The van der Waals surface area contributed by atoms with Gasteiger partial charge < -0.3 is 10.3 Å². The van der Waals surface area contributed by atoms with E-state index >= 15 is 0 Å². The Morgan fingerprint density at radius 2 is 2.29 bits per heavy atom. The third-order valence-electron chi connectivity index (χ3n) is 2.21. The summed E-state index contributed by atoms with van der Waals surface area (Å²) in [6, 6.07) is 5.73. The first-order valence-electron chi connectivity index (χ1n) is 4.64. The lowest BCUT2D eigenvalue weighted by atomic mass is 10.3. The second-order valence-electron chi connectivity index (χ2n) is 3.23. The number of nitrogens with zero attached hydrogens (tertiary/aromatic N) is 2. The van der Waals surface area contributed by atoms with E-state index in [0.717, 1.165) is 24.0 Å². The molecule has 74 valence electrons. The summed E-state index contributed by atoms with van der Waals surface area (Å²) in [6.45, 7) is 2.98. The molecule has 0 saturated carbocycles. The first kappa shape index (κ1) is 9.34. The molecule has 0 aliphatic heterocycles. The van der Waals surface area contributed by atoms with Crippen LogP contribution in [0.4, 0.5) is 5.95 Å². The molecule has 14 heavy (non-hydrogen) atoms. The predicted octanol–water partition coefficient (Wildman–Crippen LogP) is 2.68. The number of nitrogens with two attached hydrogens (primary N) is 1. The zero-order valence-corrected chi connectivity index (χ0v) is 8.75. The van der Waals surface area contributed by atoms with Crippen molar-refractivity contribution in [2.75, 3.05) is 5.73 Å². The van der Waals surface area contributed by atoms with Crippen LogP contribution >= 0.6 is 11.6 Å². The van der Waals surface area contributed by atoms with Crippen molar-refractivity contribution >= 4 is 28.6 Å². The molecular weight excluding hydrogens is 198 g/mol. The van der Waals surface area contributed by atoms with Crippen LogP contribution in [0.3, 0.4) is 0 Å². The van der Waals surface area contributed by atoms with Crippen LogP contribution in [-0.4, -0.2) is 9.55 Å². The van der Waals surface area contributed by atoms with Gasteiger partial charge in [-0.05, 0) is 18.6 Å². The van der Waals surface area contributed by atoms with Crippen molar-refractivity contribution in [1.82, 2.24) is 9.55 Å². The Bertz CT molecular complexity index is 462. The fraction of sp³-hybridized carbons (Fsp3) is 0.300. The van der Waals surface area contributed by atoms with E-state index in [1.165, 1.54) is 0 Å². The van der Waals surface area contributed by atoms with Gasteiger partial charge in [-0.2, -0.15) is 0 Å². The van der Waals surface area contributed by atoms with Crippen LogP contribution in [0.15, 0.2) is 18.2 Å². The average Bonchev–Trinajstić information content (AvgIpc) is 2.47. The minimum absolute atomic E-state index is 0.537. The zero-order chi connectivity index (χ0) is 10.1. The fourth-order valence-electron chi connectivity index (χ4n) is 1.59. The summed E-state index contributed by atoms with van der Waals surface area (Å²) >= 11 is 6.01. The lowest BCUT2D eigenvalue weighted by Crippen LogP contribution is -2.02. The Hall–Kier alpha value is -1.22. The first-order valence-corrected chi connectivity index (χ1v) is 5.02. The summed E-state index contributed by atoms with van der Waals surface area (Å²) in [7, 11) is 0. The maximum Gasteiger partial charge on any atom is 0.201 e. The third kappa shape index (κ3) is 1.34. The number of rotatable bonds is 2. The van der Waals surface area contributed by atoms with Crippen molar-refractivity contribution < 1.29 is 0 Å². The quantitative estimate of drug-likeness (QED) is 0.827. The van der Waals surface area contributed by atoms with Gasteiger partial charge in [0.15, 0.2) is 0 Å². The molecule has 0 saturated heterocycles. The van der Waals surface area contributed by atoms with Crippen molar-refractivity contribution in [3.05, 3.63) is 23.2 Å². The first-order chi connectivity index (χ1) is 6.74. The van der Waals surface area contributed by atoms with Crippen LogP contribution in [0.25, 0.3) is 11.0 Å². The SMILES string of the molecule is CCCn1c(N)nc2c(Cl)cccc21. The van der Waals surface area contributed by atoms with Crippen LogP contribution in [-0.2, 0) is 6.54 Å². The minimum Gasteiger partial charge on any atom is -0.369 e. The van der Waals surface area contributed by atoms with Crippen LogP contribution in [0.5, 0.6) is 0 Å². The molecule has 2 rings (SSSR count). The molecule has 0 unspecified atom stereocenters. The number of para-hydroxylation sites is 1. The number of anilines is 1. The molecule has 1 heterocycles. The summed E-state index contributed by atoms with van der Waals surface area (Å²) in [5.74, 6) is 0.537. The van der Waals surface area contributed by atoms with E-state index in [1.54, 1.807) is 0 Å². The van der Waals surface area contributed by atoms with Crippen LogP contribution < -0.4 is 5.73 Å². The maximum absolute atomic E-state index is 6.01. The van der Waals surface area contributed by atoms with E-state index in [-0.39, 0.29) is 0 Å². The summed E-state index contributed by atoms with van der Waals surface area (Å²) in [5.41, 5.74) is 7.60. The van der Waals surface area contributed by atoms with Crippen molar-refractivity contribution in [2.45, 2.75) is 19.9 Å². The van der Waals surface area contributed by atoms with Crippen LogP contribution in [0.2, 0.25) is 5.02 Å². The van der Waals surface area contributed by atoms with Crippen molar-refractivity contribution in [3.8, 4) is 0 Å². The number of fused-ring (bicyclic) bond motifs is 1. The molecule has 2 N–H and O–H groups in total. The Morgan fingerprint density at radius 3 is 3.00 bits per heavy atom. The molecule has 0 amide bonds. The number of hydrogen-bond acceptors (Lipinski definition) is 2. The van der Waals surface area contributed by atoms with E-state index in [9.17, 15) is 0 Å². The molecular formula is C10H12ClN3. The highest BCUT2D eigenvalue weighted by atomic mass is 35.5. The van der Waals surface area contributed by atoms with Crippen molar-refractivity contribution in [3.63, 3.8) is 0 Å². The molecule has 1 aromatic heterocycles. The van der Waals surface area contributed by atoms with Crippen LogP contribution in [0, 0.1) is 0 Å². The van der Waals surface area contributed by atoms with Gasteiger partial charge in [-0.3, -0.25) is 0 Å². The Labute approximate surface area is 87.5 Å². The molecule has 0 aliphatic carbocycles. The molecule has 1 aromatic carbocycles. The van der Waals surface area contributed by atoms with Gasteiger partial charge in [-0.25, -0.2) is 4.98 Å². The molecule has 0 atom stereocenters. The van der Waals surface area contributed by atoms with Crippen molar-refractivity contribution in [1.29, 1.82) is 0 Å². The lowest BCUT2D eigenvalue weighted by Gasteiger charge is -2.02. The predicted molar refractivity (Wildman–Crippen MR) is 59.4 cm³/mol. The second kappa shape index (κ2) is 3.50. The number of nitrogen functional groups attached to an aromatic ring is 1. The van der Waals surface area contributed by atoms with Gasteiger partial charge in [0, 0.05) is 6.54 Å². The van der Waals surface area contributed by atoms with Gasteiger partial charge in [0.05, 0.1) is 10.5 Å². The molecule has 0 spiro atoms. The minimum atomic E-state index is 0.537. The van der Waals surface area contributed by atoms with E-state index in [4.69, 9.17) is 17.3 Å². The monoisotopic (exact) mass is 209 g/mol. The molecule has 0 aliphatic rings. The highest BCUT2D eigenvalue weighted by Gasteiger charge is 2.08. The number of benzene rings is 1. The number of aromatic nitrogens is 2. The third-order valence-corrected chi connectivity index (χ3v) is 2.51. The van der Waals surface area contributed by atoms with Gasteiger partial charge in [0.2, 0.25) is 5.95 Å². The smallest absolute Gasteiger partial charge is 0.201 e. The molecule has 0 fully saturated rings. The summed E-state index contributed by atoms with van der Waals surface area (Å²) in [4.78, 5) is 4.24. The van der Waals surface area contributed by atoms with Crippen molar-refractivity contribution in [2.24, 2.45) is 0 Å². The van der Waals surface area contributed by atoms with Gasteiger partial charge in [0.25, 0.3) is 0 Å². The summed E-state index contributed by atoms with van der Waals surface area (Å²) < 4.78 is 1.99. The number of halogens is 1. The zero-order valence-electron chi connectivity index (χ0n) is 8.00. The van der Waals surface area contributed by atoms with E-state index in [0.29, 0.717) is 11.0 Å². The average molecular weight is 210 g/mol. The van der Waals surface area contributed by atoms with Gasteiger partial charge in [0.1, 0.15) is 5.52 Å². The number of aryl methyl sites for hydroxylation is 1. The molecule has 2 aromatic rings. The van der Waals surface area contributed by atoms with Gasteiger partial charge in [-0.15, -0.1) is 0 Å². The number of imidazole rings is 1. The van der Waals surface area contributed by atoms with Crippen LogP contribution in [0.1, 0.15) is 13.3 Å². The largest absolute Gasteiger partial charge is 0.369 e. The van der Waals surface area contributed by atoms with Gasteiger partial charge >= 0.3 is 0 Å².